The predicted octanol–water partition coefficient (Wildman–Crippen LogP) is 6.17. The lowest BCUT2D eigenvalue weighted by atomic mass is 9.76. The van der Waals surface area contributed by atoms with Gasteiger partial charge in [0.15, 0.2) is 35.5 Å². The summed E-state index contributed by atoms with van der Waals surface area (Å²) in [6, 6.07) is 15.1. The number of carbonyl (C=O) groups is 2. The smallest absolute Gasteiger partial charge is 0.303 e. The quantitative estimate of drug-likeness (QED) is 0.148. The molecule has 0 bridgehead atoms. The molecule has 4 rings (SSSR count). The number of halogens is 3. The minimum atomic E-state index is -0.884. The van der Waals surface area contributed by atoms with Crippen molar-refractivity contribution in [3.63, 3.8) is 0 Å². The van der Waals surface area contributed by atoms with E-state index in [1.807, 2.05) is 0 Å². The lowest BCUT2D eigenvalue weighted by Crippen LogP contribution is -2.37. The molecule has 1 fully saturated rings. The first-order valence-electron chi connectivity index (χ1n) is 13.7. The van der Waals surface area contributed by atoms with E-state index in [9.17, 15) is 22.8 Å². The summed E-state index contributed by atoms with van der Waals surface area (Å²) in [6.45, 7) is 3.86. The van der Waals surface area contributed by atoms with Crippen LogP contribution in [-0.2, 0) is 9.53 Å². The number of likely N-dealkylation sites (tertiary alicyclic amines) is 1. The Morgan fingerprint density at radius 2 is 1.61 bits per heavy atom. The number of nitrogens with zero attached hydrogens (tertiary/aromatic N) is 1. The van der Waals surface area contributed by atoms with Gasteiger partial charge in [-0.1, -0.05) is 18.2 Å². The molecule has 1 aliphatic heterocycles. The summed E-state index contributed by atoms with van der Waals surface area (Å²) in [5.74, 6) is -1.98. The van der Waals surface area contributed by atoms with E-state index in [-0.39, 0.29) is 30.0 Å². The molecule has 1 heterocycles. The molecule has 0 aromatic heterocycles. The van der Waals surface area contributed by atoms with Crippen LogP contribution in [0.3, 0.4) is 0 Å². The first-order chi connectivity index (χ1) is 19.7. The van der Waals surface area contributed by atoms with Crippen molar-refractivity contribution in [2.45, 2.75) is 32.1 Å². The zero-order valence-electron chi connectivity index (χ0n) is 23.2. The van der Waals surface area contributed by atoms with E-state index < -0.39 is 17.6 Å². The summed E-state index contributed by atoms with van der Waals surface area (Å²) >= 11 is 0. The highest BCUT2D eigenvalue weighted by Crippen LogP contribution is 2.38. The van der Waals surface area contributed by atoms with E-state index in [4.69, 9.17) is 14.2 Å². The molecule has 0 radical (unpaired) electrons. The zero-order valence-corrected chi connectivity index (χ0v) is 23.2. The summed E-state index contributed by atoms with van der Waals surface area (Å²) in [5, 5.41) is 0. The third-order valence-electron chi connectivity index (χ3n) is 7.40. The first kappa shape index (κ1) is 30.1. The van der Waals surface area contributed by atoms with Crippen molar-refractivity contribution < 1.29 is 37.0 Å². The van der Waals surface area contributed by atoms with Crippen LogP contribution in [0.1, 0.15) is 53.6 Å². The van der Waals surface area contributed by atoms with Crippen molar-refractivity contribution in [3.05, 3.63) is 94.8 Å². The Labute approximate surface area is 238 Å². The molecule has 6 nitrogen and oxygen atoms in total. The molecule has 218 valence electrons. The molecular formula is C32H34F3NO5. The molecule has 41 heavy (non-hydrogen) atoms. The van der Waals surface area contributed by atoms with E-state index in [1.54, 1.807) is 36.4 Å². The fourth-order valence-electron chi connectivity index (χ4n) is 5.30. The summed E-state index contributed by atoms with van der Waals surface area (Å²) < 4.78 is 57.4. The highest BCUT2D eigenvalue weighted by Gasteiger charge is 2.29. The minimum absolute atomic E-state index is 0.160. The molecule has 0 aliphatic carbocycles. The third-order valence-corrected chi connectivity index (χ3v) is 7.40. The fraction of sp³-hybridized carbons (Fsp3) is 0.375. The van der Waals surface area contributed by atoms with Gasteiger partial charge in [-0.15, -0.1) is 0 Å². The molecule has 3 aromatic carbocycles. The molecule has 3 aromatic rings. The highest BCUT2D eigenvalue weighted by molar-refractivity contribution is 5.98. The largest absolute Gasteiger partial charge is 0.493 e. The van der Waals surface area contributed by atoms with Crippen molar-refractivity contribution in [2.24, 2.45) is 5.92 Å². The van der Waals surface area contributed by atoms with Gasteiger partial charge >= 0.3 is 5.97 Å². The lowest BCUT2D eigenvalue weighted by molar-refractivity contribution is -0.139. The van der Waals surface area contributed by atoms with Gasteiger partial charge in [-0.3, -0.25) is 9.59 Å². The maximum Gasteiger partial charge on any atom is 0.303 e. The van der Waals surface area contributed by atoms with Crippen LogP contribution in [0.25, 0.3) is 0 Å². The van der Waals surface area contributed by atoms with Gasteiger partial charge in [-0.05, 0) is 91.9 Å². The number of ketones is 1. The van der Waals surface area contributed by atoms with Crippen LogP contribution in [-0.4, -0.2) is 56.6 Å². The molecule has 0 N–H and O–H groups in total. The Kier molecular flexibility index (Phi) is 10.4. The zero-order chi connectivity index (χ0) is 29.4. The molecular weight excluding hydrogens is 535 g/mol. The van der Waals surface area contributed by atoms with Gasteiger partial charge in [0.2, 0.25) is 0 Å². The van der Waals surface area contributed by atoms with Gasteiger partial charge in [-0.25, -0.2) is 13.2 Å². The summed E-state index contributed by atoms with van der Waals surface area (Å²) in [7, 11) is 1.49. The van der Waals surface area contributed by atoms with Crippen LogP contribution in [0.2, 0.25) is 0 Å². The van der Waals surface area contributed by atoms with Crippen molar-refractivity contribution in [1.82, 2.24) is 4.90 Å². The van der Waals surface area contributed by atoms with E-state index >= 15 is 0 Å². The monoisotopic (exact) mass is 569 g/mol. The van der Waals surface area contributed by atoms with Gasteiger partial charge in [-0.2, -0.15) is 0 Å². The van der Waals surface area contributed by atoms with Crippen molar-refractivity contribution in [2.75, 3.05) is 40.0 Å². The van der Waals surface area contributed by atoms with E-state index in [2.05, 4.69) is 4.90 Å². The summed E-state index contributed by atoms with van der Waals surface area (Å²) in [5.41, 5.74) is 1.94. The number of hydrogen-bond donors (Lipinski definition) is 0. The molecule has 1 saturated heterocycles. The van der Waals surface area contributed by atoms with Crippen molar-refractivity contribution in [3.8, 4) is 11.5 Å². The second-order valence-electron chi connectivity index (χ2n) is 10.2. The van der Waals surface area contributed by atoms with E-state index in [1.165, 1.54) is 32.2 Å². The Morgan fingerprint density at radius 1 is 0.902 bits per heavy atom. The van der Waals surface area contributed by atoms with Gasteiger partial charge in [0.1, 0.15) is 5.82 Å². The molecule has 0 amide bonds. The molecule has 0 spiro atoms. The van der Waals surface area contributed by atoms with Gasteiger partial charge in [0, 0.05) is 24.9 Å². The average Bonchev–Trinajstić information content (AvgIpc) is 2.97. The number of ether oxygens (including phenoxy) is 3. The number of benzene rings is 3. The van der Waals surface area contributed by atoms with Gasteiger partial charge in [0.05, 0.1) is 13.7 Å². The normalized spacial score (nSPS) is 14.9. The van der Waals surface area contributed by atoms with E-state index in [0.717, 1.165) is 50.5 Å². The highest BCUT2D eigenvalue weighted by atomic mass is 19.2. The maximum atomic E-state index is 14.1. The van der Waals surface area contributed by atoms with Crippen LogP contribution in [0.5, 0.6) is 11.5 Å². The minimum Gasteiger partial charge on any atom is -0.493 e. The first-order valence-corrected chi connectivity index (χ1v) is 13.7. The number of esters is 1. The SMILES string of the molecule is COc1cc(C(=O)COC(C)=O)ccc1OCCCN1CCC(C(c2ccc(F)cc2)c2ccc(F)c(F)c2)CC1. The van der Waals surface area contributed by atoms with E-state index in [0.29, 0.717) is 29.2 Å². The lowest BCUT2D eigenvalue weighted by Gasteiger charge is -2.36. The molecule has 1 aliphatic rings. The Morgan fingerprint density at radius 3 is 2.27 bits per heavy atom. The number of carbonyl (C=O) groups excluding carboxylic acids is 2. The molecule has 9 heteroatoms. The maximum absolute atomic E-state index is 14.1. The fourth-order valence-corrected chi connectivity index (χ4v) is 5.30. The van der Waals surface area contributed by atoms with Gasteiger partial charge in [0.25, 0.3) is 0 Å². The number of Topliss-reactive ketones (excluding diaryl/α,β-unsaturated/α-hetero) is 1. The number of rotatable bonds is 12. The Hall–Kier alpha value is -3.85. The van der Waals surface area contributed by atoms with Crippen LogP contribution in [0.4, 0.5) is 13.2 Å². The number of methoxy groups -OCH3 is 1. The topological polar surface area (TPSA) is 65.1 Å². The predicted molar refractivity (Wildman–Crippen MR) is 148 cm³/mol. The van der Waals surface area contributed by atoms with Crippen molar-refractivity contribution >= 4 is 11.8 Å². The van der Waals surface area contributed by atoms with Crippen LogP contribution < -0.4 is 9.47 Å². The van der Waals surface area contributed by atoms with Crippen LogP contribution in [0, 0.1) is 23.4 Å². The Balaban J connectivity index is 1.30. The molecule has 1 unspecified atom stereocenters. The molecule has 1 atom stereocenters. The number of hydrogen-bond acceptors (Lipinski definition) is 6. The molecule has 0 saturated carbocycles. The summed E-state index contributed by atoms with van der Waals surface area (Å²) in [4.78, 5) is 25.5. The second-order valence-corrected chi connectivity index (χ2v) is 10.2. The summed E-state index contributed by atoms with van der Waals surface area (Å²) in [6.07, 6.45) is 2.49. The van der Waals surface area contributed by atoms with Crippen molar-refractivity contribution in [1.29, 1.82) is 0 Å². The van der Waals surface area contributed by atoms with Crippen LogP contribution in [0.15, 0.2) is 60.7 Å². The van der Waals surface area contributed by atoms with Gasteiger partial charge < -0.3 is 19.1 Å². The Bertz CT molecular complexity index is 1340. The standard InChI is InChI=1S/C32H34F3NO5/c1-21(37)41-20-29(38)24-7-11-30(31(19-24)39-2)40-17-3-14-36-15-12-23(13-16-36)32(22-4-8-26(33)9-5-22)25-6-10-27(34)28(35)18-25/h4-11,18-19,23,32H,3,12-17,20H2,1-2H3. The second kappa shape index (κ2) is 14.2. The van der Waals surface area contributed by atoms with Crippen LogP contribution >= 0.6 is 0 Å². The average molecular weight is 570 g/mol. The number of piperidine rings is 1. The third kappa shape index (κ3) is 8.10.